The lowest BCUT2D eigenvalue weighted by Gasteiger charge is -2.13. The van der Waals surface area contributed by atoms with Crippen molar-refractivity contribution in [3.8, 4) is 0 Å². The van der Waals surface area contributed by atoms with Crippen molar-refractivity contribution in [1.29, 1.82) is 0 Å². The Labute approximate surface area is 145 Å². The normalized spacial score (nSPS) is 10.4. The third-order valence-corrected chi connectivity index (χ3v) is 4.57. The topological polar surface area (TPSA) is 49.4 Å². The van der Waals surface area contributed by atoms with E-state index in [4.69, 9.17) is 11.6 Å². The van der Waals surface area contributed by atoms with Gasteiger partial charge in [0.25, 0.3) is 5.91 Å². The zero-order valence-corrected chi connectivity index (χ0v) is 14.7. The number of aryl methyl sites for hydroxylation is 1. The first-order valence-corrected chi connectivity index (χ1v) is 8.56. The second-order valence-corrected chi connectivity index (χ2v) is 6.81. The zero-order valence-electron chi connectivity index (χ0n) is 13.1. The van der Waals surface area contributed by atoms with E-state index in [9.17, 15) is 9.59 Å². The second-order valence-electron chi connectivity index (χ2n) is 5.38. The van der Waals surface area contributed by atoms with E-state index in [1.807, 2.05) is 11.4 Å². The Balaban J connectivity index is 1.94. The molecule has 0 saturated heterocycles. The Morgan fingerprint density at radius 2 is 2.04 bits per heavy atom. The molecule has 6 heteroatoms. The van der Waals surface area contributed by atoms with E-state index in [1.54, 1.807) is 43.6 Å². The molecule has 2 aromatic rings. The minimum absolute atomic E-state index is 0.0992. The van der Waals surface area contributed by atoms with Crippen molar-refractivity contribution in [3.63, 3.8) is 0 Å². The maximum atomic E-state index is 12.0. The quantitative estimate of drug-likeness (QED) is 0.853. The molecule has 1 N–H and O–H groups in total. The minimum Gasteiger partial charge on any atom is -0.345 e. The fraction of sp³-hybridized carbons (Fsp3) is 0.294. The van der Waals surface area contributed by atoms with Crippen molar-refractivity contribution in [2.24, 2.45) is 0 Å². The molecule has 0 fully saturated rings. The fourth-order valence-electron chi connectivity index (χ4n) is 2.10. The molecule has 2 rings (SSSR count). The van der Waals surface area contributed by atoms with Crippen molar-refractivity contribution in [3.05, 3.63) is 51.2 Å². The van der Waals surface area contributed by atoms with E-state index >= 15 is 0 Å². The van der Waals surface area contributed by atoms with Gasteiger partial charge in [0, 0.05) is 31.0 Å². The van der Waals surface area contributed by atoms with Crippen LogP contribution in [0.3, 0.4) is 0 Å². The summed E-state index contributed by atoms with van der Waals surface area (Å²) < 4.78 is 0. The average molecular weight is 351 g/mol. The summed E-state index contributed by atoms with van der Waals surface area (Å²) >= 11 is 7.80. The molecule has 0 spiro atoms. The highest BCUT2D eigenvalue weighted by atomic mass is 35.5. The maximum absolute atomic E-state index is 12.0. The summed E-state index contributed by atoms with van der Waals surface area (Å²) in [5.74, 6) is -0.229. The Hall–Kier alpha value is -1.85. The summed E-state index contributed by atoms with van der Waals surface area (Å²) in [5.41, 5.74) is 0.966. The third-order valence-electron chi connectivity index (χ3n) is 3.30. The summed E-state index contributed by atoms with van der Waals surface area (Å²) in [6.45, 7) is 0. The van der Waals surface area contributed by atoms with Crippen LogP contribution >= 0.6 is 22.9 Å². The van der Waals surface area contributed by atoms with Gasteiger partial charge >= 0.3 is 0 Å². The Kier molecular flexibility index (Phi) is 6.19. The molecule has 0 saturated carbocycles. The van der Waals surface area contributed by atoms with E-state index in [0.717, 1.165) is 12.8 Å². The summed E-state index contributed by atoms with van der Waals surface area (Å²) in [5, 5.41) is 5.24. The Morgan fingerprint density at radius 3 is 2.70 bits per heavy atom. The van der Waals surface area contributed by atoms with Gasteiger partial charge in [0.05, 0.1) is 10.7 Å². The molecule has 4 nitrogen and oxygen atoms in total. The highest BCUT2D eigenvalue weighted by Gasteiger charge is 2.12. The molecule has 1 aromatic carbocycles. The first-order chi connectivity index (χ1) is 11.0. The van der Waals surface area contributed by atoms with Crippen molar-refractivity contribution in [1.82, 2.24) is 4.90 Å². The van der Waals surface area contributed by atoms with E-state index in [-0.39, 0.29) is 11.8 Å². The molecule has 2 amide bonds. The molecule has 0 radical (unpaired) electrons. The molecule has 0 aliphatic heterocycles. The molecule has 1 aromatic heterocycles. The SMILES string of the molecule is CN(C)C(=O)c1ccc(Cl)c(NC(=O)CCCc2cccs2)c1. The number of hydrogen-bond donors (Lipinski definition) is 1. The van der Waals surface area contributed by atoms with Gasteiger partial charge in [-0.25, -0.2) is 0 Å². The fourth-order valence-corrected chi connectivity index (χ4v) is 3.02. The number of thiophene rings is 1. The first kappa shape index (κ1) is 17.5. The standard InChI is InChI=1S/C17H19ClN2O2S/c1-20(2)17(22)12-8-9-14(18)15(11-12)19-16(21)7-3-5-13-6-4-10-23-13/h4,6,8-11H,3,5,7H2,1-2H3,(H,19,21). The molecule has 23 heavy (non-hydrogen) atoms. The van der Waals surface area contributed by atoms with Crippen LogP contribution in [0.2, 0.25) is 5.02 Å². The van der Waals surface area contributed by atoms with Crippen molar-refractivity contribution in [2.75, 3.05) is 19.4 Å². The van der Waals surface area contributed by atoms with E-state index in [2.05, 4.69) is 11.4 Å². The van der Waals surface area contributed by atoms with E-state index < -0.39 is 0 Å². The van der Waals surface area contributed by atoms with Crippen molar-refractivity contribution in [2.45, 2.75) is 19.3 Å². The molecular formula is C17H19ClN2O2S. The van der Waals surface area contributed by atoms with Crippen molar-refractivity contribution >= 4 is 40.4 Å². The Bertz CT molecular complexity index is 684. The summed E-state index contributed by atoms with van der Waals surface area (Å²) in [4.78, 5) is 26.8. The van der Waals surface area contributed by atoms with Crippen LogP contribution in [0.4, 0.5) is 5.69 Å². The van der Waals surface area contributed by atoms with Crippen LogP contribution in [-0.4, -0.2) is 30.8 Å². The predicted molar refractivity (Wildman–Crippen MR) is 95.4 cm³/mol. The largest absolute Gasteiger partial charge is 0.345 e. The molecule has 0 bridgehead atoms. The number of nitrogens with zero attached hydrogens (tertiary/aromatic N) is 1. The van der Waals surface area contributed by atoms with Gasteiger partial charge in [0.15, 0.2) is 0 Å². The lowest BCUT2D eigenvalue weighted by molar-refractivity contribution is -0.116. The lowest BCUT2D eigenvalue weighted by atomic mass is 10.1. The van der Waals surface area contributed by atoms with Gasteiger partial charge in [-0.05, 0) is 42.5 Å². The highest BCUT2D eigenvalue weighted by Crippen LogP contribution is 2.24. The molecule has 0 aliphatic carbocycles. The van der Waals surface area contributed by atoms with Crippen molar-refractivity contribution < 1.29 is 9.59 Å². The number of carbonyl (C=O) groups excluding carboxylic acids is 2. The van der Waals surface area contributed by atoms with Crippen LogP contribution in [0, 0.1) is 0 Å². The highest BCUT2D eigenvalue weighted by molar-refractivity contribution is 7.09. The Morgan fingerprint density at radius 1 is 1.26 bits per heavy atom. The maximum Gasteiger partial charge on any atom is 0.253 e. The molecular weight excluding hydrogens is 332 g/mol. The first-order valence-electron chi connectivity index (χ1n) is 7.31. The van der Waals surface area contributed by atoms with Crippen LogP contribution in [-0.2, 0) is 11.2 Å². The lowest BCUT2D eigenvalue weighted by Crippen LogP contribution is -2.22. The van der Waals surface area contributed by atoms with Crippen LogP contribution in [0.25, 0.3) is 0 Å². The summed E-state index contributed by atoms with van der Waals surface area (Å²) in [6.07, 6.45) is 2.08. The number of nitrogens with one attached hydrogen (secondary N) is 1. The smallest absolute Gasteiger partial charge is 0.253 e. The van der Waals surface area contributed by atoms with Gasteiger partial charge in [0.1, 0.15) is 0 Å². The van der Waals surface area contributed by atoms with Crippen LogP contribution in [0.15, 0.2) is 35.7 Å². The number of benzene rings is 1. The number of amides is 2. The predicted octanol–water partition coefficient (Wildman–Crippen LogP) is 4.06. The van der Waals surface area contributed by atoms with Crippen LogP contribution < -0.4 is 5.32 Å². The molecule has 0 aliphatic rings. The molecule has 1 heterocycles. The van der Waals surface area contributed by atoms with Gasteiger partial charge in [-0.2, -0.15) is 0 Å². The minimum atomic E-state index is -0.130. The monoisotopic (exact) mass is 350 g/mol. The van der Waals surface area contributed by atoms with Crippen LogP contribution in [0.1, 0.15) is 28.1 Å². The molecule has 0 unspecified atom stereocenters. The van der Waals surface area contributed by atoms with E-state index in [0.29, 0.717) is 22.7 Å². The van der Waals surface area contributed by atoms with Gasteiger partial charge in [-0.1, -0.05) is 17.7 Å². The average Bonchev–Trinajstić information content (AvgIpc) is 3.02. The number of anilines is 1. The van der Waals surface area contributed by atoms with Gasteiger partial charge < -0.3 is 10.2 Å². The van der Waals surface area contributed by atoms with Gasteiger partial charge in [-0.3, -0.25) is 9.59 Å². The number of rotatable bonds is 6. The van der Waals surface area contributed by atoms with Gasteiger partial charge in [-0.15, -0.1) is 11.3 Å². The number of halogens is 1. The summed E-state index contributed by atoms with van der Waals surface area (Å²) in [7, 11) is 3.36. The van der Waals surface area contributed by atoms with Gasteiger partial charge in [0.2, 0.25) is 5.91 Å². The van der Waals surface area contributed by atoms with E-state index in [1.165, 1.54) is 9.78 Å². The van der Waals surface area contributed by atoms with Crippen LogP contribution in [0.5, 0.6) is 0 Å². The zero-order chi connectivity index (χ0) is 16.8. The molecule has 0 atom stereocenters. The third kappa shape index (κ3) is 5.08. The second kappa shape index (κ2) is 8.13. The molecule has 122 valence electrons. The number of carbonyl (C=O) groups is 2. The number of hydrogen-bond acceptors (Lipinski definition) is 3. The summed E-state index contributed by atoms with van der Waals surface area (Å²) in [6, 6.07) is 8.96.